The topological polar surface area (TPSA) is 45.2 Å². The number of amides is 1. The van der Waals surface area contributed by atoms with Gasteiger partial charge in [-0.25, -0.2) is 0 Å². The van der Waals surface area contributed by atoms with E-state index in [0.717, 1.165) is 25.1 Å². The second kappa shape index (κ2) is 8.48. The van der Waals surface area contributed by atoms with Crippen LogP contribution in [0.4, 0.5) is 5.69 Å². The molecule has 126 valence electrons. The molecule has 4 heteroatoms. The van der Waals surface area contributed by atoms with Crippen LogP contribution in [-0.2, 0) is 17.8 Å². The molecule has 1 aromatic carbocycles. The summed E-state index contributed by atoms with van der Waals surface area (Å²) in [4.78, 5) is 18.5. The fourth-order valence-corrected chi connectivity index (χ4v) is 3.08. The van der Waals surface area contributed by atoms with Crippen molar-refractivity contribution < 1.29 is 4.79 Å². The third-order valence-corrected chi connectivity index (χ3v) is 4.51. The monoisotopic (exact) mass is 323 g/mol. The summed E-state index contributed by atoms with van der Waals surface area (Å²) >= 11 is 0. The third-order valence-electron chi connectivity index (χ3n) is 4.51. The van der Waals surface area contributed by atoms with E-state index < -0.39 is 0 Å². The Balaban J connectivity index is 1.43. The molecule has 3 rings (SSSR count). The predicted molar refractivity (Wildman–Crippen MR) is 96.9 cm³/mol. The van der Waals surface area contributed by atoms with E-state index in [-0.39, 0.29) is 5.91 Å². The number of piperidine rings is 1. The van der Waals surface area contributed by atoms with Crippen molar-refractivity contribution in [3.8, 4) is 0 Å². The molecule has 0 unspecified atom stereocenters. The molecule has 1 saturated heterocycles. The zero-order chi connectivity index (χ0) is 16.6. The molecule has 1 aliphatic rings. The van der Waals surface area contributed by atoms with E-state index >= 15 is 0 Å². The molecule has 2 aromatic rings. The number of aromatic nitrogens is 1. The first kappa shape index (κ1) is 16.5. The molecule has 0 spiro atoms. The lowest BCUT2D eigenvalue weighted by molar-refractivity contribution is -0.121. The SMILES string of the molecule is O=C(CCc1ccc(N2CCCCC2)cc1)NCc1cccnc1. The Morgan fingerprint density at radius 1 is 1.04 bits per heavy atom. The Bertz CT molecular complexity index is 634. The van der Waals surface area contributed by atoms with Crippen LogP contribution in [0, 0.1) is 0 Å². The van der Waals surface area contributed by atoms with Crippen LogP contribution in [0.5, 0.6) is 0 Å². The second-order valence-corrected chi connectivity index (χ2v) is 6.35. The summed E-state index contributed by atoms with van der Waals surface area (Å²) in [7, 11) is 0. The van der Waals surface area contributed by atoms with Gasteiger partial charge < -0.3 is 10.2 Å². The van der Waals surface area contributed by atoms with Gasteiger partial charge in [-0.15, -0.1) is 0 Å². The zero-order valence-electron chi connectivity index (χ0n) is 14.1. The standard InChI is InChI=1S/C20H25N3O/c24-20(22-16-18-5-4-12-21-15-18)11-8-17-6-9-19(10-7-17)23-13-2-1-3-14-23/h4-7,9-10,12,15H,1-3,8,11,13-14,16H2,(H,22,24). The second-order valence-electron chi connectivity index (χ2n) is 6.35. The van der Waals surface area contributed by atoms with Crippen LogP contribution in [0.25, 0.3) is 0 Å². The quantitative estimate of drug-likeness (QED) is 0.887. The number of anilines is 1. The maximum absolute atomic E-state index is 12.0. The molecule has 1 aliphatic heterocycles. The number of hydrogen-bond acceptors (Lipinski definition) is 3. The fraction of sp³-hybridized carbons (Fsp3) is 0.400. The number of pyridine rings is 1. The van der Waals surface area contributed by atoms with E-state index in [1.54, 1.807) is 12.4 Å². The average Bonchev–Trinajstić information content (AvgIpc) is 2.67. The van der Waals surface area contributed by atoms with Gasteiger partial charge in [-0.2, -0.15) is 0 Å². The summed E-state index contributed by atoms with van der Waals surface area (Å²) in [5.41, 5.74) is 3.54. The Morgan fingerprint density at radius 2 is 1.83 bits per heavy atom. The van der Waals surface area contributed by atoms with E-state index in [0.29, 0.717) is 13.0 Å². The van der Waals surface area contributed by atoms with Gasteiger partial charge in [0.25, 0.3) is 0 Å². The van der Waals surface area contributed by atoms with Crippen LogP contribution in [0.15, 0.2) is 48.8 Å². The number of hydrogen-bond donors (Lipinski definition) is 1. The van der Waals surface area contributed by atoms with Gasteiger partial charge in [0.15, 0.2) is 0 Å². The number of nitrogens with one attached hydrogen (secondary N) is 1. The fourth-order valence-electron chi connectivity index (χ4n) is 3.08. The smallest absolute Gasteiger partial charge is 0.220 e. The Labute approximate surface area is 143 Å². The minimum atomic E-state index is 0.0824. The number of carbonyl (C=O) groups is 1. The summed E-state index contributed by atoms with van der Waals surface area (Å²) in [6.07, 6.45) is 8.74. The van der Waals surface area contributed by atoms with Gasteiger partial charge >= 0.3 is 0 Å². The minimum Gasteiger partial charge on any atom is -0.372 e. The zero-order valence-corrected chi connectivity index (χ0v) is 14.1. The number of benzene rings is 1. The van der Waals surface area contributed by atoms with Crippen molar-refractivity contribution >= 4 is 11.6 Å². The van der Waals surface area contributed by atoms with Crippen LogP contribution in [0.3, 0.4) is 0 Å². The Morgan fingerprint density at radius 3 is 2.54 bits per heavy atom. The average molecular weight is 323 g/mol. The molecule has 0 bridgehead atoms. The molecule has 2 heterocycles. The maximum atomic E-state index is 12.0. The van der Waals surface area contributed by atoms with Crippen molar-refractivity contribution in [2.45, 2.75) is 38.6 Å². The molecular weight excluding hydrogens is 298 g/mol. The molecule has 0 atom stereocenters. The molecule has 24 heavy (non-hydrogen) atoms. The highest BCUT2D eigenvalue weighted by Crippen LogP contribution is 2.20. The highest BCUT2D eigenvalue weighted by Gasteiger charge is 2.10. The number of carbonyl (C=O) groups excluding carboxylic acids is 1. The normalized spacial score (nSPS) is 14.4. The third kappa shape index (κ3) is 4.82. The van der Waals surface area contributed by atoms with Crippen molar-refractivity contribution in [2.24, 2.45) is 0 Å². The van der Waals surface area contributed by atoms with Crippen molar-refractivity contribution in [1.82, 2.24) is 10.3 Å². The van der Waals surface area contributed by atoms with Crippen molar-refractivity contribution in [3.05, 3.63) is 59.9 Å². The van der Waals surface area contributed by atoms with Gasteiger partial charge in [-0.1, -0.05) is 18.2 Å². The van der Waals surface area contributed by atoms with Gasteiger partial charge in [0.2, 0.25) is 5.91 Å². The highest BCUT2D eigenvalue weighted by atomic mass is 16.1. The molecule has 0 radical (unpaired) electrons. The van der Waals surface area contributed by atoms with Gasteiger partial charge in [0, 0.05) is 44.1 Å². The number of rotatable bonds is 6. The van der Waals surface area contributed by atoms with Crippen LogP contribution in [-0.4, -0.2) is 24.0 Å². The summed E-state index contributed by atoms with van der Waals surface area (Å²) in [5, 5.41) is 2.95. The summed E-state index contributed by atoms with van der Waals surface area (Å²) in [6.45, 7) is 2.87. The van der Waals surface area contributed by atoms with E-state index in [1.165, 1.54) is 30.5 Å². The summed E-state index contributed by atoms with van der Waals surface area (Å²) in [5.74, 6) is 0.0824. The van der Waals surface area contributed by atoms with Gasteiger partial charge in [-0.3, -0.25) is 9.78 Å². The minimum absolute atomic E-state index is 0.0824. The summed E-state index contributed by atoms with van der Waals surface area (Å²) < 4.78 is 0. The molecular formula is C20H25N3O. The van der Waals surface area contributed by atoms with E-state index in [1.807, 2.05) is 12.1 Å². The maximum Gasteiger partial charge on any atom is 0.220 e. The van der Waals surface area contributed by atoms with Crippen molar-refractivity contribution in [1.29, 1.82) is 0 Å². The van der Waals surface area contributed by atoms with Crippen LogP contribution in [0.1, 0.15) is 36.8 Å². The number of nitrogens with zero attached hydrogens (tertiary/aromatic N) is 2. The summed E-state index contributed by atoms with van der Waals surface area (Å²) in [6, 6.07) is 12.5. The molecule has 1 fully saturated rings. The first-order chi connectivity index (χ1) is 11.8. The largest absolute Gasteiger partial charge is 0.372 e. The van der Waals surface area contributed by atoms with Crippen LogP contribution < -0.4 is 10.2 Å². The number of aryl methyl sites for hydroxylation is 1. The lowest BCUT2D eigenvalue weighted by Crippen LogP contribution is -2.29. The van der Waals surface area contributed by atoms with Crippen molar-refractivity contribution in [3.63, 3.8) is 0 Å². The van der Waals surface area contributed by atoms with Crippen LogP contribution >= 0.6 is 0 Å². The molecule has 1 aromatic heterocycles. The molecule has 1 N–H and O–H groups in total. The van der Waals surface area contributed by atoms with Crippen LogP contribution in [0.2, 0.25) is 0 Å². The van der Waals surface area contributed by atoms with E-state index in [4.69, 9.17) is 0 Å². The molecule has 4 nitrogen and oxygen atoms in total. The van der Waals surface area contributed by atoms with Crippen molar-refractivity contribution in [2.75, 3.05) is 18.0 Å². The van der Waals surface area contributed by atoms with Gasteiger partial charge in [-0.05, 0) is 55.0 Å². The molecule has 0 aliphatic carbocycles. The van der Waals surface area contributed by atoms with Gasteiger partial charge in [0.1, 0.15) is 0 Å². The Kier molecular flexibility index (Phi) is 5.83. The van der Waals surface area contributed by atoms with E-state index in [2.05, 4.69) is 39.5 Å². The van der Waals surface area contributed by atoms with Gasteiger partial charge in [0.05, 0.1) is 0 Å². The Hall–Kier alpha value is -2.36. The first-order valence-electron chi connectivity index (χ1n) is 8.81. The lowest BCUT2D eigenvalue weighted by Gasteiger charge is -2.28. The predicted octanol–water partition coefficient (Wildman–Crippen LogP) is 3.32. The molecule has 1 amide bonds. The first-order valence-corrected chi connectivity index (χ1v) is 8.81. The molecule has 0 saturated carbocycles. The van der Waals surface area contributed by atoms with E-state index in [9.17, 15) is 4.79 Å². The lowest BCUT2D eigenvalue weighted by atomic mass is 10.1. The highest BCUT2D eigenvalue weighted by molar-refractivity contribution is 5.76.